The first-order chi connectivity index (χ1) is 4.72. The summed E-state index contributed by atoms with van der Waals surface area (Å²) >= 11 is 0. The van der Waals surface area contributed by atoms with E-state index in [1.165, 1.54) is 19.3 Å². The molecule has 0 nitrogen and oxygen atoms in total. The van der Waals surface area contributed by atoms with Gasteiger partial charge in [-0.25, -0.2) is 0 Å². The van der Waals surface area contributed by atoms with Gasteiger partial charge in [0.05, 0.1) is 0 Å². The maximum atomic E-state index is 3.72. The summed E-state index contributed by atoms with van der Waals surface area (Å²) in [4.78, 5) is 0. The summed E-state index contributed by atoms with van der Waals surface area (Å²) in [6.07, 6.45) is 5.79. The largest absolute Gasteiger partial charge is 0.103 e. The lowest BCUT2D eigenvalue weighted by molar-refractivity contribution is 0.357. The molecule has 0 aromatic heterocycles. The van der Waals surface area contributed by atoms with Gasteiger partial charge < -0.3 is 0 Å². The molecular weight excluding hydrogens is 120 g/mol. The van der Waals surface area contributed by atoms with Gasteiger partial charge in [-0.05, 0) is 24.7 Å². The number of rotatable bonds is 5. The summed E-state index contributed by atoms with van der Waals surface area (Å²) in [6.45, 7) is 10.6. The Hall–Kier alpha value is -0.260. The zero-order valence-electron chi connectivity index (χ0n) is 7.56. The van der Waals surface area contributed by atoms with Gasteiger partial charge in [0.15, 0.2) is 0 Å². The smallest absolute Gasteiger partial charge is 0.0351 e. The quantitative estimate of drug-likeness (QED) is 0.511. The number of allylic oxidation sites excluding steroid dienone is 1. The fourth-order valence-corrected chi connectivity index (χ4v) is 1.07. The van der Waals surface area contributed by atoms with Gasteiger partial charge in [0.2, 0.25) is 0 Å². The maximum absolute atomic E-state index is 3.72. The standard InChI is InChI=1S/C10H20/c1-5-7-8-10(4)9(3)6-2/h5,9-10H,1,6-8H2,2-4H3. The molecule has 0 saturated heterocycles. The van der Waals surface area contributed by atoms with Crippen molar-refractivity contribution in [3.05, 3.63) is 12.7 Å². The first-order valence-corrected chi connectivity index (χ1v) is 4.33. The molecule has 60 valence electrons. The van der Waals surface area contributed by atoms with Crippen molar-refractivity contribution in [2.24, 2.45) is 11.8 Å². The molecule has 0 spiro atoms. The van der Waals surface area contributed by atoms with Crippen molar-refractivity contribution in [1.82, 2.24) is 0 Å². The van der Waals surface area contributed by atoms with Crippen molar-refractivity contribution in [3.63, 3.8) is 0 Å². The highest BCUT2D eigenvalue weighted by molar-refractivity contribution is 4.70. The molecule has 0 N–H and O–H groups in total. The van der Waals surface area contributed by atoms with E-state index in [2.05, 4.69) is 27.4 Å². The molecule has 2 atom stereocenters. The minimum Gasteiger partial charge on any atom is -0.103 e. The van der Waals surface area contributed by atoms with Crippen LogP contribution in [0.25, 0.3) is 0 Å². The maximum Gasteiger partial charge on any atom is -0.0351 e. The predicted molar refractivity (Wildman–Crippen MR) is 48.1 cm³/mol. The molecule has 0 saturated carbocycles. The van der Waals surface area contributed by atoms with Crippen molar-refractivity contribution in [2.45, 2.75) is 40.0 Å². The third-order valence-electron chi connectivity index (χ3n) is 2.44. The Kier molecular flexibility index (Phi) is 5.38. The third-order valence-corrected chi connectivity index (χ3v) is 2.44. The van der Waals surface area contributed by atoms with E-state index >= 15 is 0 Å². The van der Waals surface area contributed by atoms with Crippen LogP contribution in [-0.2, 0) is 0 Å². The second-order valence-corrected chi connectivity index (χ2v) is 3.23. The van der Waals surface area contributed by atoms with E-state index < -0.39 is 0 Å². The van der Waals surface area contributed by atoms with Gasteiger partial charge in [-0.3, -0.25) is 0 Å². The predicted octanol–water partition coefficient (Wildman–Crippen LogP) is 3.63. The molecular formula is C10H20. The molecule has 0 aliphatic rings. The molecule has 10 heavy (non-hydrogen) atoms. The number of hydrogen-bond acceptors (Lipinski definition) is 0. The summed E-state index contributed by atoms with van der Waals surface area (Å²) < 4.78 is 0. The minimum atomic E-state index is 0.864. The van der Waals surface area contributed by atoms with Gasteiger partial charge in [-0.1, -0.05) is 33.3 Å². The summed E-state index contributed by atoms with van der Waals surface area (Å²) in [7, 11) is 0. The van der Waals surface area contributed by atoms with Gasteiger partial charge in [0, 0.05) is 0 Å². The van der Waals surface area contributed by atoms with Crippen molar-refractivity contribution in [1.29, 1.82) is 0 Å². The monoisotopic (exact) mass is 140 g/mol. The molecule has 0 heterocycles. The van der Waals surface area contributed by atoms with Gasteiger partial charge in [-0.15, -0.1) is 6.58 Å². The van der Waals surface area contributed by atoms with E-state index in [1.54, 1.807) is 0 Å². The second-order valence-electron chi connectivity index (χ2n) is 3.23. The van der Waals surface area contributed by atoms with Crippen LogP contribution >= 0.6 is 0 Å². The third kappa shape index (κ3) is 3.71. The number of hydrogen-bond donors (Lipinski definition) is 0. The molecule has 0 radical (unpaired) electrons. The molecule has 0 aliphatic heterocycles. The minimum absolute atomic E-state index is 0.864. The van der Waals surface area contributed by atoms with E-state index in [-0.39, 0.29) is 0 Å². The highest BCUT2D eigenvalue weighted by Gasteiger charge is 2.07. The second kappa shape index (κ2) is 5.52. The van der Waals surface area contributed by atoms with Crippen LogP contribution in [0.5, 0.6) is 0 Å². The zero-order chi connectivity index (χ0) is 7.98. The normalized spacial score (nSPS) is 16.3. The highest BCUT2D eigenvalue weighted by Crippen LogP contribution is 2.19. The molecule has 0 amide bonds. The first kappa shape index (κ1) is 9.74. The fraction of sp³-hybridized carbons (Fsp3) is 0.800. The van der Waals surface area contributed by atoms with Crippen LogP contribution in [0.15, 0.2) is 12.7 Å². The molecule has 0 aliphatic carbocycles. The van der Waals surface area contributed by atoms with Crippen LogP contribution in [0.1, 0.15) is 40.0 Å². The Morgan fingerprint density at radius 1 is 1.30 bits per heavy atom. The van der Waals surface area contributed by atoms with E-state index in [1.807, 2.05) is 6.08 Å². The fourth-order valence-electron chi connectivity index (χ4n) is 1.07. The van der Waals surface area contributed by atoms with Crippen molar-refractivity contribution in [3.8, 4) is 0 Å². The van der Waals surface area contributed by atoms with Crippen LogP contribution in [0.4, 0.5) is 0 Å². The molecule has 0 fully saturated rings. The molecule has 0 bridgehead atoms. The highest BCUT2D eigenvalue weighted by atomic mass is 14.1. The average Bonchev–Trinajstić information content (AvgIpc) is 1.98. The van der Waals surface area contributed by atoms with Gasteiger partial charge in [-0.2, -0.15) is 0 Å². The summed E-state index contributed by atoms with van der Waals surface area (Å²) in [5.41, 5.74) is 0. The lowest BCUT2D eigenvalue weighted by Gasteiger charge is -2.16. The van der Waals surface area contributed by atoms with Gasteiger partial charge >= 0.3 is 0 Å². The summed E-state index contributed by atoms with van der Waals surface area (Å²) in [6, 6.07) is 0. The summed E-state index contributed by atoms with van der Waals surface area (Å²) in [5, 5.41) is 0. The van der Waals surface area contributed by atoms with E-state index in [0.717, 1.165) is 11.8 Å². The first-order valence-electron chi connectivity index (χ1n) is 4.33. The SMILES string of the molecule is C=CCCC(C)C(C)CC. The van der Waals surface area contributed by atoms with Crippen molar-refractivity contribution >= 4 is 0 Å². The van der Waals surface area contributed by atoms with E-state index in [0.29, 0.717) is 0 Å². The molecule has 0 heteroatoms. The van der Waals surface area contributed by atoms with E-state index in [4.69, 9.17) is 0 Å². The average molecular weight is 140 g/mol. The molecule has 2 unspecified atom stereocenters. The lowest BCUT2D eigenvalue weighted by atomic mass is 9.90. The van der Waals surface area contributed by atoms with Crippen LogP contribution in [0.3, 0.4) is 0 Å². The van der Waals surface area contributed by atoms with Crippen LogP contribution in [0, 0.1) is 11.8 Å². The Balaban J connectivity index is 3.40. The molecule has 0 aromatic carbocycles. The van der Waals surface area contributed by atoms with E-state index in [9.17, 15) is 0 Å². The van der Waals surface area contributed by atoms with Crippen molar-refractivity contribution < 1.29 is 0 Å². The molecule has 0 aromatic rings. The topological polar surface area (TPSA) is 0 Å². The molecule has 0 rings (SSSR count). The summed E-state index contributed by atoms with van der Waals surface area (Å²) in [5.74, 6) is 1.74. The Bertz CT molecular complexity index is 84.0. The Morgan fingerprint density at radius 3 is 2.30 bits per heavy atom. The van der Waals surface area contributed by atoms with Crippen LogP contribution < -0.4 is 0 Å². The van der Waals surface area contributed by atoms with Gasteiger partial charge in [0.25, 0.3) is 0 Å². The Morgan fingerprint density at radius 2 is 1.90 bits per heavy atom. The Labute approximate surface area is 65.3 Å². The van der Waals surface area contributed by atoms with Gasteiger partial charge in [0.1, 0.15) is 0 Å². The van der Waals surface area contributed by atoms with Crippen LogP contribution in [-0.4, -0.2) is 0 Å². The van der Waals surface area contributed by atoms with Crippen molar-refractivity contribution in [2.75, 3.05) is 0 Å². The van der Waals surface area contributed by atoms with Crippen LogP contribution in [0.2, 0.25) is 0 Å². The lowest BCUT2D eigenvalue weighted by Crippen LogP contribution is -2.05. The zero-order valence-corrected chi connectivity index (χ0v) is 7.56.